The molecule has 0 heterocycles. The van der Waals surface area contributed by atoms with Gasteiger partial charge in [-0.2, -0.15) is 8.78 Å². The number of hydrogen-bond acceptors (Lipinski definition) is 2. The van der Waals surface area contributed by atoms with E-state index >= 15 is 0 Å². The summed E-state index contributed by atoms with van der Waals surface area (Å²) in [5, 5.41) is 4.36. The van der Waals surface area contributed by atoms with Crippen LogP contribution in [0, 0.1) is 0 Å². The molecule has 0 aliphatic heterocycles. The number of anilines is 1. The lowest BCUT2D eigenvalue weighted by atomic mass is 10.2. The number of alkyl halides is 2. The summed E-state index contributed by atoms with van der Waals surface area (Å²) in [7, 11) is 1.42. The normalized spacial score (nSPS) is 10.2. The molecule has 2 N–H and O–H groups in total. The smallest absolute Gasteiger partial charge is 0.315 e. The van der Waals surface area contributed by atoms with Crippen LogP contribution in [0.5, 0.6) is 0 Å². The zero-order valence-electron chi connectivity index (χ0n) is 8.76. The highest BCUT2D eigenvalue weighted by Crippen LogP contribution is 2.23. The van der Waals surface area contributed by atoms with E-state index in [-0.39, 0.29) is 16.3 Å². The van der Waals surface area contributed by atoms with Gasteiger partial charge in [0.2, 0.25) is 0 Å². The van der Waals surface area contributed by atoms with Gasteiger partial charge in [0.05, 0.1) is 10.7 Å². The number of nitrogens with one attached hydrogen (secondary N) is 2. The summed E-state index contributed by atoms with van der Waals surface area (Å²) in [5.41, 5.74) is 0.180. The Morgan fingerprint density at radius 3 is 2.53 bits per heavy atom. The van der Waals surface area contributed by atoms with Crippen molar-refractivity contribution < 1.29 is 18.4 Å². The zero-order chi connectivity index (χ0) is 13.0. The Labute approximate surface area is 101 Å². The van der Waals surface area contributed by atoms with E-state index in [1.165, 1.54) is 25.2 Å². The minimum absolute atomic E-state index is 0.0296. The highest BCUT2D eigenvalue weighted by molar-refractivity contribution is 6.33. The fraction of sp³-hybridized carbons (Fsp3) is 0.200. The van der Waals surface area contributed by atoms with Crippen LogP contribution in [-0.4, -0.2) is 25.3 Å². The van der Waals surface area contributed by atoms with Gasteiger partial charge in [0.1, 0.15) is 0 Å². The van der Waals surface area contributed by atoms with Crippen LogP contribution in [0.15, 0.2) is 18.2 Å². The van der Waals surface area contributed by atoms with Gasteiger partial charge in [0, 0.05) is 12.6 Å². The number of carbonyl (C=O) groups is 2. The first kappa shape index (κ1) is 13.4. The van der Waals surface area contributed by atoms with Crippen LogP contribution in [-0.2, 0) is 4.79 Å². The molecule has 1 aromatic carbocycles. The van der Waals surface area contributed by atoms with Gasteiger partial charge in [0.15, 0.2) is 0 Å². The number of rotatable bonds is 3. The van der Waals surface area contributed by atoms with Crippen molar-refractivity contribution in [3.8, 4) is 0 Å². The second-order valence-electron chi connectivity index (χ2n) is 3.06. The van der Waals surface area contributed by atoms with Crippen LogP contribution in [0.4, 0.5) is 14.5 Å². The first-order valence-electron chi connectivity index (χ1n) is 4.56. The van der Waals surface area contributed by atoms with E-state index < -0.39 is 18.2 Å². The van der Waals surface area contributed by atoms with Gasteiger partial charge in [-0.05, 0) is 18.2 Å². The summed E-state index contributed by atoms with van der Waals surface area (Å²) in [5.74, 6) is -1.88. The van der Waals surface area contributed by atoms with Crippen LogP contribution in [0.2, 0.25) is 5.02 Å². The van der Waals surface area contributed by atoms with Crippen molar-refractivity contribution in [1.82, 2.24) is 5.32 Å². The molecule has 2 amide bonds. The zero-order valence-corrected chi connectivity index (χ0v) is 9.52. The summed E-state index contributed by atoms with van der Waals surface area (Å²) in [4.78, 5) is 22.1. The molecule has 1 aromatic rings. The minimum Gasteiger partial charge on any atom is -0.355 e. The lowest BCUT2D eigenvalue weighted by Crippen LogP contribution is -2.21. The number of amides is 2. The summed E-state index contributed by atoms with van der Waals surface area (Å²) in [6, 6.07) is 3.98. The first-order valence-corrected chi connectivity index (χ1v) is 4.94. The maximum absolute atomic E-state index is 12.0. The molecule has 0 saturated carbocycles. The highest BCUT2D eigenvalue weighted by Gasteiger charge is 2.17. The minimum atomic E-state index is -3.14. The van der Waals surface area contributed by atoms with Gasteiger partial charge in [0.25, 0.3) is 11.8 Å². The summed E-state index contributed by atoms with van der Waals surface area (Å²) >= 11 is 5.70. The Morgan fingerprint density at radius 1 is 1.35 bits per heavy atom. The van der Waals surface area contributed by atoms with E-state index in [0.717, 1.165) is 0 Å². The van der Waals surface area contributed by atoms with Crippen LogP contribution >= 0.6 is 11.6 Å². The Kier molecular flexibility index (Phi) is 4.39. The quantitative estimate of drug-likeness (QED) is 0.874. The van der Waals surface area contributed by atoms with E-state index in [1.54, 1.807) is 0 Å². The molecule has 17 heavy (non-hydrogen) atoms. The molecule has 0 fully saturated rings. The number of benzene rings is 1. The third-order valence-corrected chi connectivity index (χ3v) is 2.24. The van der Waals surface area contributed by atoms with E-state index in [9.17, 15) is 18.4 Å². The summed E-state index contributed by atoms with van der Waals surface area (Å²) in [6.07, 6.45) is -3.14. The summed E-state index contributed by atoms with van der Waals surface area (Å²) < 4.78 is 24.1. The molecular formula is C10H9ClF2N2O2. The Bertz CT molecular complexity index is 452. The fourth-order valence-corrected chi connectivity index (χ4v) is 1.26. The monoisotopic (exact) mass is 262 g/mol. The van der Waals surface area contributed by atoms with Crippen molar-refractivity contribution in [2.45, 2.75) is 6.43 Å². The van der Waals surface area contributed by atoms with Crippen LogP contribution in [0.3, 0.4) is 0 Å². The molecule has 1 rings (SSSR count). The first-order chi connectivity index (χ1) is 7.95. The Morgan fingerprint density at radius 2 is 2.00 bits per heavy atom. The van der Waals surface area contributed by atoms with Crippen molar-refractivity contribution in [2.24, 2.45) is 0 Å². The third-order valence-electron chi connectivity index (χ3n) is 1.91. The Hall–Kier alpha value is -1.69. The molecule has 92 valence electrons. The maximum Gasteiger partial charge on any atom is 0.315 e. The van der Waals surface area contributed by atoms with Gasteiger partial charge < -0.3 is 10.6 Å². The van der Waals surface area contributed by atoms with Crippen LogP contribution in [0.1, 0.15) is 10.4 Å². The SMILES string of the molecule is CNC(=O)c1ccc(Cl)c(NC(=O)C(F)F)c1. The van der Waals surface area contributed by atoms with Crippen LogP contribution in [0.25, 0.3) is 0 Å². The van der Waals surface area contributed by atoms with Gasteiger partial charge >= 0.3 is 6.43 Å². The molecule has 0 bridgehead atoms. The van der Waals surface area contributed by atoms with Crippen molar-refractivity contribution >= 4 is 29.1 Å². The van der Waals surface area contributed by atoms with Gasteiger partial charge in [-0.1, -0.05) is 11.6 Å². The Balaban J connectivity index is 2.99. The molecule has 0 atom stereocenters. The van der Waals surface area contributed by atoms with Crippen molar-refractivity contribution in [1.29, 1.82) is 0 Å². The van der Waals surface area contributed by atoms with Gasteiger partial charge in [-0.15, -0.1) is 0 Å². The molecule has 0 spiro atoms. The number of halogens is 3. The fourth-order valence-electron chi connectivity index (χ4n) is 1.09. The van der Waals surface area contributed by atoms with Crippen molar-refractivity contribution in [2.75, 3.05) is 12.4 Å². The topological polar surface area (TPSA) is 58.2 Å². The van der Waals surface area contributed by atoms with E-state index in [1.807, 2.05) is 5.32 Å². The van der Waals surface area contributed by atoms with Crippen molar-refractivity contribution in [3.05, 3.63) is 28.8 Å². The summed E-state index contributed by atoms with van der Waals surface area (Å²) in [6.45, 7) is 0. The predicted molar refractivity (Wildman–Crippen MR) is 59.5 cm³/mol. The highest BCUT2D eigenvalue weighted by atomic mass is 35.5. The standard InChI is InChI=1S/C10H9ClF2N2O2/c1-14-9(16)5-2-3-6(11)7(4-5)15-10(17)8(12)13/h2-4,8H,1H3,(H,14,16)(H,15,17). The average molecular weight is 263 g/mol. The molecule has 0 aliphatic carbocycles. The lowest BCUT2D eigenvalue weighted by molar-refractivity contribution is -0.126. The number of carbonyl (C=O) groups excluding carboxylic acids is 2. The molecule has 0 unspecified atom stereocenters. The van der Waals surface area contributed by atoms with E-state index in [4.69, 9.17) is 11.6 Å². The van der Waals surface area contributed by atoms with Crippen LogP contribution < -0.4 is 10.6 Å². The molecule has 0 radical (unpaired) electrons. The second kappa shape index (κ2) is 5.58. The third kappa shape index (κ3) is 3.39. The molecule has 0 saturated heterocycles. The molecular weight excluding hydrogens is 254 g/mol. The molecule has 0 aliphatic rings. The molecule has 4 nitrogen and oxygen atoms in total. The second-order valence-corrected chi connectivity index (χ2v) is 3.47. The van der Waals surface area contributed by atoms with E-state index in [0.29, 0.717) is 0 Å². The predicted octanol–water partition coefficient (Wildman–Crippen LogP) is 1.90. The van der Waals surface area contributed by atoms with Gasteiger partial charge in [-0.3, -0.25) is 9.59 Å². The lowest BCUT2D eigenvalue weighted by Gasteiger charge is -2.08. The maximum atomic E-state index is 12.0. The average Bonchev–Trinajstić information content (AvgIpc) is 2.30. The number of hydrogen-bond donors (Lipinski definition) is 2. The molecule has 7 heteroatoms. The van der Waals surface area contributed by atoms with E-state index in [2.05, 4.69) is 5.32 Å². The molecule has 0 aromatic heterocycles. The van der Waals surface area contributed by atoms with Crippen molar-refractivity contribution in [3.63, 3.8) is 0 Å². The largest absolute Gasteiger partial charge is 0.355 e. The van der Waals surface area contributed by atoms with Gasteiger partial charge in [-0.25, -0.2) is 0 Å².